The molecular weight excluding hydrogens is 370 g/mol. The first-order valence-corrected chi connectivity index (χ1v) is 8.01. The molecule has 10 heteroatoms. The number of carbonyl (C=O) groups is 1. The number of nitrogens with two attached hydrogens (primary N) is 1. The van der Waals surface area contributed by atoms with Gasteiger partial charge in [0.05, 0.1) is 41.6 Å². The second-order valence-corrected chi connectivity index (χ2v) is 5.83. The number of aromatic nitrogens is 1. The van der Waals surface area contributed by atoms with E-state index in [1.54, 1.807) is 25.1 Å². The van der Waals surface area contributed by atoms with Crippen LogP contribution in [0, 0.1) is 17.0 Å². The largest absolute Gasteiger partial charge is 0.481 e. The van der Waals surface area contributed by atoms with Crippen molar-refractivity contribution in [2.45, 2.75) is 0 Å². The highest BCUT2D eigenvalue weighted by molar-refractivity contribution is 6.00. The standard InChI is InChI=1S/C18H20F2N6O2/c1-26(2)16(14(22)8-21)12-7-11(9-23-17(12)28-3)24-18(27)25-15-5-4-10(19)6-13(15)20/h4-9,21H,22H2,1-3H3,(H2,24,25,27)/b16-14+,21-8?. The second kappa shape index (κ2) is 8.80. The Labute approximate surface area is 160 Å². The van der Waals surface area contributed by atoms with Crippen molar-refractivity contribution in [1.82, 2.24) is 9.88 Å². The summed E-state index contributed by atoms with van der Waals surface area (Å²) < 4.78 is 31.9. The highest BCUT2D eigenvalue weighted by Crippen LogP contribution is 2.29. The zero-order chi connectivity index (χ0) is 20.8. The van der Waals surface area contributed by atoms with Crippen molar-refractivity contribution in [1.29, 1.82) is 5.41 Å². The summed E-state index contributed by atoms with van der Waals surface area (Å²) >= 11 is 0. The number of halogens is 2. The number of methoxy groups -OCH3 is 1. The molecule has 0 fully saturated rings. The maximum absolute atomic E-state index is 13.7. The smallest absolute Gasteiger partial charge is 0.323 e. The monoisotopic (exact) mass is 390 g/mol. The highest BCUT2D eigenvalue weighted by atomic mass is 19.1. The van der Waals surface area contributed by atoms with Crippen molar-refractivity contribution >= 4 is 29.3 Å². The Morgan fingerprint density at radius 1 is 1.29 bits per heavy atom. The van der Waals surface area contributed by atoms with E-state index in [0.717, 1.165) is 18.3 Å². The molecule has 1 heterocycles. The van der Waals surface area contributed by atoms with Crippen molar-refractivity contribution in [3.05, 3.63) is 53.4 Å². The number of ether oxygens (including phenoxy) is 1. The summed E-state index contributed by atoms with van der Waals surface area (Å²) in [4.78, 5) is 18.0. The summed E-state index contributed by atoms with van der Waals surface area (Å²) in [6, 6.07) is 3.60. The zero-order valence-corrected chi connectivity index (χ0v) is 15.5. The molecule has 2 aromatic rings. The normalized spacial score (nSPS) is 11.3. The summed E-state index contributed by atoms with van der Waals surface area (Å²) in [5.41, 5.74) is 7.06. The number of amides is 2. The van der Waals surface area contributed by atoms with Crippen LogP contribution in [-0.2, 0) is 0 Å². The Kier molecular flexibility index (Phi) is 6.48. The van der Waals surface area contributed by atoms with Gasteiger partial charge in [0, 0.05) is 26.4 Å². The minimum Gasteiger partial charge on any atom is -0.481 e. The molecule has 0 aliphatic carbocycles. The van der Waals surface area contributed by atoms with Gasteiger partial charge in [-0.3, -0.25) is 0 Å². The number of carbonyl (C=O) groups excluding carboxylic acids is 1. The molecule has 0 aliphatic rings. The number of rotatable bonds is 6. The van der Waals surface area contributed by atoms with Crippen LogP contribution in [0.15, 0.2) is 36.2 Å². The van der Waals surface area contributed by atoms with Crippen molar-refractivity contribution in [2.24, 2.45) is 5.73 Å². The van der Waals surface area contributed by atoms with Crippen LogP contribution in [0.4, 0.5) is 25.0 Å². The van der Waals surface area contributed by atoms with Gasteiger partial charge in [-0.1, -0.05) is 0 Å². The molecule has 1 aromatic heterocycles. The molecule has 0 aliphatic heterocycles. The average Bonchev–Trinajstić information content (AvgIpc) is 2.64. The van der Waals surface area contributed by atoms with Gasteiger partial charge in [0.2, 0.25) is 5.88 Å². The molecule has 0 unspecified atom stereocenters. The number of pyridine rings is 1. The Morgan fingerprint density at radius 3 is 2.57 bits per heavy atom. The first-order valence-electron chi connectivity index (χ1n) is 8.01. The number of benzene rings is 1. The molecule has 2 amide bonds. The summed E-state index contributed by atoms with van der Waals surface area (Å²) in [5.74, 6) is -1.41. The molecule has 148 valence electrons. The van der Waals surface area contributed by atoms with Gasteiger partial charge in [0.1, 0.15) is 11.6 Å². The lowest BCUT2D eigenvalue weighted by atomic mass is 10.1. The van der Waals surface area contributed by atoms with Crippen molar-refractivity contribution in [3.8, 4) is 5.88 Å². The van der Waals surface area contributed by atoms with Crippen molar-refractivity contribution in [2.75, 3.05) is 31.8 Å². The van der Waals surface area contributed by atoms with E-state index in [2.05, 4.69) is 15.6 Å². The fourth-order valence-electron chi connectivity index (χ4n) is 2.45. The maximum Gasteiger partial charge on any atom is 0.323 e. The number of urea groups is 1. The summed E-state index contributed by atoms with van der Waals surface area (Å²) in [6.07, 6.45) is 2.33. The minimum absolute atomic E-state index is 0.167. The molecule has 1 aromatic carbocycles. The molecule has 0 bridgehead atoms. The Morgan fingerprint density at radius 2 is 2.00 bits per heavy atom. The zero-order valence-electron chi connectivity index (χ0n) is 15.5. The maximum atomic E-state index is 13.7. The minimum atomic E-state index is -0.903. The Balaban J connectivity index is 2.32. The fourth-order valence-corrected chi connectivity index (χ4v) is 2.45. The third-order valence-corrected chi connectivity index (χ3v) is 3.61. The summed E-state index contributed by atoms with van der Waals surface area (Å²) in [5, 5.41) is 12.2. The predicted octanol–water partition coefficient (Wildman–Crippen LogP) is 2.85. The molecule has 0 radical (unpaired) electrons. The van der Waals surface area contributed by atoms with Crippen LogP contribution >= 0.6 is 0 Å². The van der Waals surface area contributed by atoms with Gasteiger partial charge < -0.3 is 31.4 Å². The van der Waals surface area contributed by atoms with Crippen LogP contribution in [0.2, 0.25) is 0 Å². The highest BCUT2D eigenvalue weighted by Gasteiger charge is 2.17. The van der Waals surface area contributed by atoms with E-state index in [1.807, 2.05) is 0 Å². The topological polar surface area (TPSA) is 116 Å². The Hall–Kier alpha value is -3.69. The van der Waals surface area contributed by atoms with Gasteiger partial charge in [0.15, 0.2) is 0 Å². The van der Waals surface area contributed by atoms with Crippen LogP contribution in [0.5, 0.6) is 5.88 Å². The fraction of sp³-hybridized carbons (Fsp3) is 0.167. The average molecular weight is 390 g/mol. The van der Waals surface area contributed by atoms with Crippen LogP contribution in [-0.4, -0.2) is 43.3 Å². The Bertz CT molecular complexity index is 930. The van der Waals surface area contributed by atoms with E-state index in [1.165, 1.54) is 13.3 Å². The number of nitrogens with one attached hydrogen (secondary N) is 3. The lowest BCUT2D eigenvalue weighted by Gasteiger charge is -2.21. The van der Waals surface area contributed by atoms with E-state index < -0.39 is 17.7 Å². The predicted molar refractivity (Wildman–Crippen MR) is 103 cm³/mol. The van der Waals surface area contributed by atoms with E-state index in [-0.39, 0.29) is 23.0 Å². The molecule has 5 N–H and O–H groups in total. The van der Waals surface area contributed by atoms with E-state index in [4.69, 9.17) is 15.9 Å². The van der Waals surface area contributed by atoms with Gasteiger partial charge in [-0.2, -0.15) is 0 Å². The molecule has 2 rings (SSSR count). The van der Waals surface area contributed by atoms with Crippen molar-refractivity contribution in [3.63, 3.8) is 0 Å². The quantitative estimate of drug-likeness (QED) is 0.566. The van der Waals surface area contributed by atoms with Crippen LogP contribution < -0.4 is 21.1 Å². The first-order chi connectivity index (χ1) is 13.3. The van der Waals surface area contributed by atoms with E-state index in [0.29, 0.717) is 17.3 Å². The number of allylic oxidation sites excluding steroid dienone is 1. The van der Waals surface area contributed by atoms with Gasteiger partial charge in [-0.05, 0) is 18.2 Å². The van der Waals surface area contributed by atoms with Gasteiger partial charge in [0.25, 0.3) is 0 Å². The van der Waals surface area contributed by atoms with Crippen molar-refractivity contribution < 1.29 is 18.3 Å². The molecule has 0 atom stereocenters. The van der Waals surface area contributed by atoms with Crippen LogP contribution in [0.3, 0.4) is 0 Å². The summed E-state index contributed by atoms with van der Waals surface area (Å²) in [6.45, 7) is 0. The number of anilines is 2. The molecular formula is C18H20F2N6O2. The van der Waals surface area contributed by atoms with E-state index >= 15 is 0 Å². The third-order valence-electron chi connectivity index (χ3n) is 3.61. The number of nitrogens with zero attached hydrogens (tertiary/aromatic N) is 2. The van der Waals surface area contributed by atoms with Gasteiger partial charge in [-0.25, -0.2) is 18.6 Å². The van der Waals surface area contributed by atoms with Crippen LogP contribution in [0.1, 0.15) is 5.56 Å². The molecule has 0 spiro atoms. The number of hydrogen-bond acceptors (Lipinski definition) is 6. The molecule has 0 saturated heterocycles. The summed E-state index contributed by atoms with van der Waals surface area (Å²) in [7, 11) is 4.89. The first kappa shape index (κ1) is 20.6. The van der Waals surface area contributed by atoms with Crippen LogP contribution in [0.25, 0.3) is 5.70 Å². The van der Waals surface area contributed by atoms with Gasteiger partial charge >= 0.3 is 6.03 Å². The molecule has 28 heavy (non-hydrogen) atoms. The lowest BCUT2D eigenvalue weighted by Crippen LogP contribution is -2.21. The number of hydrogen-bond donors (Lipinski definition) is 4. The lowest BCUT2D eigenvalue weighted by molar-refractivity contribution is 0.262. The van der Waals surface area contributed by atoms with Gasteiger partial charge in [-0.15, -0.1) is 0 Å². The molecule has 8 nitrogen and oxygen atoms in total. The second-order valence-electron chi connectivity index (χ2n) is 5.83. The third kappa shape index (κ3) is 4.72. The molecule has 0 saturated carbocycles. The van der Waals surface area contributed by atoms with E-state index in [9.17, 15) is 13.6 Å². The SMILES string of the molecule is COc1ncc(NC(=O)Nc2ccc(F)cc2F)cc1/C(=C(\N)C=N)N(C)C.